The summed E-state index contributed by atoms with van der Waals surface area (Å²) in [5.41, 5.74) is -0.330. The lowest BCUT2D eigenvalue weighted by Gasteiger charge is -2.24. The van der Waals surface area contributed by atoms with E-state index in [-0.39, 0.29) is 5.60 Å². The topological polar surface area (TPSA) is 34.4 Å². The van der Waals surface area contributed by atoms with Crippen molar-refractivity contribution in [1.82, 2.24) is 4.57 Å². The van der Waals surface area contributed by atoms with Gasteiger partial charge >= 0.3 is 0 Å². The summed E-state index contributed by atoms with van der Waals surface area (Å²) in [7, 11) is 0. The fourth-order valence-corrected chi connectivity index (χ4v) is 0.872. The summed E-state index contributed by atoms with van der Waals surface area (Å²) in [5, 5.41) is 9.49. The van der Waals surface area contributed by atoms with E-state index in [4.69, 9.17) is 4.74 Å². The van der Waals surface area contributed by atoms with Gasteiger partial charge in [-0.05, 0) is 32.9 Å². The Bertz CT molecular complexity index is 223. The lowest BCUT2D eigenvalue weighted by Crippen LogP contribution is -2.25. The Morgan fingerprint density at radius 3 is 2.17 bits per heavy atom. The first-order chi connectivity index (χ1) is 5.49. The van der Waals surface area contributed by atoms with Gasteiger partial charge in [-0.2, -0.15) is 0 Å². The van der Waals surface area contributed by atoms with E-state index < -0.39 is 6.41 Å². The molecule has 0 aliphatic rings. The van der Waals surface area contributed by atoms with Crippen LogP contribution in [-0.4, -0.2) is 15.3 Å². The largest absolute Gasteiger partial charge is 0.351 e. The van der Waals surface area contributed by atoms with E-state index in [0.29, 0.717) is 0 Å². The average molecular weight is 169 g/mol. The molecule has 1 rings (SSSR count). The SMILES string of the molecule is CC(C)(C)OC(O)n1cccc1. The normalized spacial score (nSPS) is 14.7. The maximum atomic E-state index is 9.49. The van der Waals surface area contributed by atoms with Crippen molar-refractivity contribution in [2.24, 2.45) is 0 Å². The number of hydrogen-bond donors (Lipinski definition) is 1. The molecule has 1 heterocycles. The van der Waals surface area contributed by atoms with Gasteiger partial charge in [0.2, 0.25) is 6.41 Å². The van der Waals surface area contributed by atoms with Crippen molar-refractivity contribution >= 4 is 0 Å². The first-order valence-electron chi connectivity index (χ1n) is 3.97. The van der Waals surface area contributed by atoms with Crippen LogP contribution in [0.4, 0.5) is 0 Å². The zero-order valence-corrected chi connectivity index (χ0v) is 7.69. The standard InChI is InChI=1S/C9H15NO2/c1-9(2,3)12-8(11)10-6-4-5-7-10/h4-8,11H,1-3H3. The van der Waals surface area contributed by atoms with Crippen LogP contribution in [0.5, 0.6) is 0 Å². The fraction of sp³-hybridized carbons (Fsp3) is 0.556. The van der Waals surface area contributed by atoms with Gasteiger partial charge in [0.25, 0.3) is 0 Å². The van der Waals surface area contributed by atoms with Gasteiger partial charge in [0.15, 0.2) is 0 Å². The quantitative estimate of drug-likeness (QED) is 0.684. The molecular weight excluding hydrogens is 154 g/mol. The van der Waals surface area contributed by atoms with Crippen molar-refractivity contribution in [3.63, 3.8) is 0 Å². The third kappa shape index (κ3) is 2.68. The van der Waals surface area contributed by atoms with Gasteiger partial charge in [0.05, 0.1) is 5.60 Å². The Labute approximate surface area is 72.6 Å². The molecular formula is C9H15NO2. The molecule has 0 aliphatic carbocycles. The van der Waals surface area contributed by atoms with Crippen LogP contribution in [0.3, 0.4) is 0 Å². The van der Waals surface area contributed by atoms with E-state index in [1.165, 1.54) is 0 Å². The lowest BCUT2D eigenvalue weighted by atomic mass is 10.2. The first kappa shape index (κ1) is 9.29. The van der Waals surface area contributed by atoms with Crippen LogP contribution >= 0.6 is 0 Å². The second kappa shape index (κ2) is 3.29. The van der Waals surface area contributed by atoms with Crippen molar-refractivity contribution in [3.8, 4) is 0 Å². The Balaban J connectivity index is 2.56. The monoisotopic (exact) mass is 169 g/mol. The maximum Gasteiger partial charge on any atom is 0.241 e. The molecule has 1 N–H and O–H groups in total. The van der Waals surface area contributed by atoms with E-state index in [1.807, 2.05) is 32.9 Å². The van der Waals surface area contributed by atoms with Crippen molar-refractivity contribution in [3.05, 3.63) is 24.5 Å². The van der Waals surface area contributed by atoms with E-state index in [9.17, 15) is 5.11 Å². The summed E-state index contributed by atoms with van der Waals surface area (Å²) < 4.78 is 6.90. The zero-order valence-electron chi connectivity index (χ0n) is 7.69. The minimum atomic E-state index is -0.889. The average Bonchev–Trinajstić information content (AvgIpc) is 2.32. The Morgan fingerprint density at radius 2 is 1.75 bits per heavy atom. The molecule has 12 heavy (non-hydrogen) atoms. The number of ether oxygens (including phenoxy) is 1. The maximum absolute atomic E-state index is 9.49. The van der Waals surface area contributed by atoms with Gasteiger partial charge < -0.3 is 14.4 Å². The van der Waals surface area contributed by atoms with Gasteiger partial charge in [-0.3, -0.25) is 0 Å². The van der Waals surface area contributed by atoms with Crippen molar-refractivity contribution in [2.45, 2.75) is 32.8 Å². The van der Waals surface area contributed by atoms with Gasteiger partial charge in [0, 0.05) is 12.4 Å². The number of hydrogen-bond acceptors (Lipinski definition) is 2. The molecule has 68 valence electrons. The molecule has 0 fully saturated rings. The van der Waals surface area contributed by atoms with Crippen LogP contribution in [0, 0.1) is 0 Å². The number of aliphatic hydroxyl groups is 1. The van der Waals surface area contributed by atoms with Crippen molar-refractivity contribution in [2.75, 3.05) is 0 Å². The molecule has 0 saturated heterocycles. The van der Waals surface area contributed by atoms with Crippen LogP contribution < -0.4 is 0 Å². The molecule has 1 aromatic rings. The number of aromatic nitrogens is 1. The third-order valence-corrected chi connectivity index (χ3v) is 1.34. The molecule has 0 amide bonds. The highest BCUT2D eigenvalue weighted by atomic mass is 16.6. The molecule has 3 heteroatoms. The Morgan fingerprint density at radius 1 is 1.25 bits per heavy atom. The highest BCUT2D eigenvalue weighted by Gasteiger charge is 2.16. The second-order valence-electron chi connectivity index (χ2n) is 3.69. The van der Waals surface area contributed by atoms with E-state index in [1.54, 1.807) is 17.0 Å². The predicted molar refractivity (Wildman–Crippen MR) is 46.5 cm³/mol. The van der Waals surface area contributed by atoms with Gasteiger partial charge in [-0.1, -0.05) is 0 Å². The van der Waals surface area contributed by atoms with E-state index in [2.05, 4.69) is 0 Å². The Kier molecular flexibility index (Phi) is 2.55. The highest BCUT2D eigenvalue weighted by Crippen LogP contribution is 2.15. The molecule has 0 saturated carbocycles. The highest BCUT2D eigenvalue weighted by molar-refractivity contribution is 4.90. The predicted octanol–water partition coefficient (Wildman–Crippen LogP) is 1.75. The third-order valence-electron chi connectivity index (χ3n) is 1.34. The summed E-state index contributed by atoms with van der Waals surface area (Å²) >= 11 is 0. The number of aliphatic hydroxyl groups excluding tert-OH is 1. The molecule has 1 atom stereocenters. The zero-order chi connectivity index (χ0) is 9.19. The van der Waals surface area contributed by atoms with E-state index in [0.717, 1.165) is 0 Å². The van der Waals surface area contributed by atoms with Crippen molar-refractivity contribution in [1.29, 1.82) is 0 Å². The fourth-order valence-electron chi connectivity index (χ4n) is 0.872. The lowest BCUT2D eigenvalue weighted by molar-refractivity contribution is -0.209. The summed E-state index contributed by atoms with van der Waals surface area (Å²) in [6, 6.07) is 3.68. The van der Waals surface area contributed by atoms with Crippen molar-refractivity contribution < 1.29 is 9.84 Å². The molecule has 0 bridgehead atoms. The molecule has 0 aromatic carbocycles. The Hall–Kier alpha value is -0.800. The van der Waals surface area contributed by atoms with Crippen LogP contribution in [-0.2, 0) is 4.74 Å². The van der Waals surface area contributed by atoms with Crippen LogP contribution in [0.15, 0.2) is 24.5 Å². The minimum Gasteiger partial charge on any atom is -0.351 e. The van der Waals surface area contributed by atoms with Gasteiger partial charge in [-0.25, -0.2) is 0 Å². The second-order valence-corrected chi connectivity index (χ2v) is 3.69. The molecule has 0 aliphatic heterocycles. The summed E-state index contributed by atoms with van der Waals surface area (Å²) in [6.07, 6.45) is 2.63. The van der Waals surface area contributed by atoms with Crippen LogP contribution in [0.25, 0.3) is 0 Å². The molecule has 3 nitrogen and oxygen atoms in total. The summed E-state index contributed by atoms with van der Waals surface area (Å²) in [5.74, 6) is 0. The molecule has 0 radical (unpaired) electrons. The van der Waals surface area contributed by atoms with Gasteiger partial charge in [0.1, 0.15) is 0 Å². The van der Waals surface area contributed by atoms with Gasteiger partial charge in [-0.15, -0.1) is 0 Å². The van der Waals surface area contributed by atoms with Crippen LogP contribution in [0.1, 0.15) is 27.2 Å². The number of rotatable bonds is 2. The van der Waals surface area contributed by atoms with Crippen LogP contribution in [0.2, 0.25) is 0 Å². The molecule has 0 spiro atoms. The first-order valence-corrected chi connectivity index (χ1v) is 3.97. The summed E-state index contributed by atoms with van der Waals surface area (Å²) in [4.78, 5) is 0. The molecule has 1 unspecified atom stereocenters. The minimum absolute atomic E-state index is 0.330. The molecule has 1 aromatic heterocycles. The van der Waals surface area contributed by atoms with E-state index >= 15 is 0 Å². The number of nitrogens with zero attached hydrogens (tertiary/aromatic N) is 1. The smallest absolute Gasteiger partial charge is 0.241 e. The summed E-state index contributed by atoms with van der Waals surface area (Å²) in [6.45, 7) is 5.71.